The first-order valence-corrected chi connectivity index (χ1v) is 9.48. The van der Waals surface area contributed by atoms with Crippen molar-refractivity contribution in [1.82, 2.24) is 4.90 Å². The first-order chi connectivity index (χ1) is 12.7. The Morgan fingerprint density at radius 2 is 1.96 bits per heavy atom. The summed E-state index contributed by atoms with van der Waals surface area (Å²) in [5.74, 6) is 0.447. The Bertz CT molecular complexity index is 777. The third-order valence-electron chi connectivity index (χ3n) is 6.07. The van der Waals surface area contributed by atoms with Gasteiger partial charge in [0.25, 0.3) is 0 Å². The fraction of sp³-hybridized carbons (Fsp3) is 0.409. The second-order valence-electron chi connectivity index (χ2n) is 7.78. The molecule has 0 aromatic heterocycles. The highest BCUT2D eigenvalue weighted by molar-refractivity contribution is 5.89. The third-order valence-corrected chi connectivity index (χ3v) is 6.07. The number of aliphatic hydroxyl groups excluding tert-OH is 1. The zero-order chi connectivity index (χ0) is 18.0. The summed E-state index contributed by atoms with van der Waals surface area (Å²) in [7, 11) is 0. The van der Waals surface area contributed by atoms with Gasteiger partial charge in [-0.05, 0) is 48.4 Å². The lowest BCUT2D eigenvalue weighted by atomic mass is 9.82. The van der Waals surface area contributed by atoms with E-state index in [2.05, 4.69) is 23.5 Å². The minimum absolute atomic E-state index is 0.0518. The van der Waals surface area contributed by atoms with Gasteiger partial charge in [0.2, 0.25) is 0 Å². The van der Waals surface area contributed by atoms with Gasteiger partial charge in [-0.3, -0.25) is 0 Å². The first kappa shape index (κ1) is 17.1. The number of carbonyl (C=O) groups is 1. The number of nitrogens with zero attached hydrogens (tertiary/aromatic N) is 1. The van der Waals surface area contributed by atoms with Gasteiger partial charge in [-0.15, -0.1) is 0 Å². The maximum absolute atomic E-state index is 12.7. The van der Waals surface area contributed by atoms with Crippen LogP contribution < -0.4 is 5.32 Å². The van der Waals surface area contributed by atoms with E-state index in [0.29, 0.717) is 12.5 Å². The maximum atomic E-state index is 12.7. The van der Waals surface area contributed by atoms with Crippen LogP contribution in [0.3, 0.4) is 0 Å². The molecule has 1 heterocycles. The van der Waals surface area contributed by atoms with Crippen molar-refractivity contribution in [2.45, 2.75) is 25.7 Å². The zero-order valence-corrected chi connectivity index (χ0v) is 15.0. The highest BCUT2D eigenvalue weighted by Crippen LogP contribution is 2.48. The average molecular weight is 350 g/mol. The molecule has 2 N–H and O–H groups in total. The van der Waals surface area contributed by atoms with Crippen molar-refractivity contribution in [3.8, 4) is 0 Å². The molecular weight excluding hydrogens is 324 g/mol. The number of benzene rings is 2. The summed E-state index contributed by atoms with van der Waals surface area (Å²) >= 11 is 0. The molecule has 4 heteroatoms. The summed E-state index contributed by atoms with van der Waals surface area (Å²) in [6.45, 7) is 1.62. The molecule has 1 aliphatic heterocycles. The Labute approximate surface area is 154 Å². The molecule has 2 fully saturated rings. The molecule has 26 heavy (non-hydrogen) atoms. The Hall–Kier alpha value is -2.33. The smallest absolute Gasteiger partial charge is 0.321 e. The number of carbonyl (C=O) groups excluding carboxylic acids is 1. The third kappa shape index (κ3) is 3.34. The fourth-order valence-corrected chi connectivity index (χ4v) is 4.62. The van der Waals surface area contributed by atoms with E-state index in [-0.39, 0.29) is 18.1 Å². The van der Waals surface area contributed by atoms with E-state index in [0.717, 1.165) is 31.5 Å². The minimum Gasteiger partial charge on any atom is -0.396 e. The predicted octanol–water partition coefficient (Wildman–Crippen LogP) is 3.90. The van der Waals surface area contributed by atoms with Crippen LogP contribution in [0.15, 0.2) is 54.6 Å². The van der Waals surface area contributed by atoms with Crippen LogP contribution in [0.5, 0.6) is 0 Å². The summed E-state index contributed by atoms with van der Waals surface area (Å²) in [6, 6.07) is 18.3. The number of nitrogens with one attached hydrogen (secondary N) is 1. The SMILES string of the molecule is O=C(Nc1cccc(Cc2ccccc2)c1)N1CC2CCC[C@@]2(CO)C1. The second-order valence-corrected chi connectivity index (χ2v) is 7.78. The van der Waals surface area contributed by atoms with Crippen LogP contribution in [-0.2, 0) is 6.42 Å². The van der Waals surface area contributed by atoms with Crippen LogP contribution in [0.25, 0.3) is 0 Å². The number of fused-ring (bicyclic) bond motifs is 1. The molecule has 136 valence electrons. The standard InChI is InChI=1S/C22H26N2O2/c25-16-22-11-5-9-19(22)14-24(15-22)21(26)23-20-10-4-8-18(13-20)12-17-6-2-1-3-7-17/h1-4,6-8,10,13,19,25H,5,9,11-12,14-16H2,(H,23,26)/t19?,22-/m0/s1. The minimum atomic E-state index is -0.0630. The molecule has 1 saturated carbocycles. The molecule has 2 aliphatic rings. The molecule has 1 unspecified atom stereocenters. The predicted molar refractivity (Wildman–Crippen MR) is 103 cm³/mol. The molecule has 4 nitrogen and oxygen atoms in total. The van der Waals surface area contributed by atoms with Crippen molar-refractivity contribution >= 4 is 11.7 Å². The Morgan fingerprint density at radius 3 is 2.73 bits per heavy atom. The van der Waals surface area contributed by atoms with Gasteiger partial charge < -0.3 is 15.3 Å². The van der Waals surface area contributed by atoms with Gasteiger partial charge >= 0.3 is 6.03 Å². The van der Waals surface area contributed by atoms with E-state index in [1.807, 2.05) is 41.3 Å². The molecular formula is C22H26N2O2. The molecule has 0 radical (unpaired) electrons. The van der Waals surface area contributed by atoms with Crippen molar-refractivity contribution in [3.63, 3.8) is 0 Å². The van der Waals surface area contributed by atoms with Gasteiger partial charge in [-0.1, -0.05) is 48.9 Å². The summed E-state index contributed by atoms with van der Waals surface area (Å²) < 4.78 is 0. The van der Waals surface area contributed by atoms with Crippen molar-refractivity contribution < 1.29 is 9.90 Å². The van der Waals surface area contributed by atoms with Crippen molar-refractivity contribution in [2.75, 3.05) is 25.0 Å². The molecule has 1 aliphatic carbocycles. The monoisotopic (exact) mass is 350 g/mol. The first-order valence-electron chi connectivity index (χ1n) is 9.48. The van der Waals surface area contributed by atoms with E-state index < -0.39 is 0 Å². The highest BCUT2D eigenvalue weighted by Gasteiger charge is 2.50. The number of hydrogen-bond donors (Lipinski definition) is 2. The van der Waals surface area contributed by atoms with E-state index in [1.165, 1.54) is 17.5 Å². The normalized spacial score (nSPS) is 24.5. The van der Waals surface area contributed by atoms with Crippen LogP contribution in [-0.4, -0.2) is 35.7 Å². The number of urea groups is 1. The van der Waals surface area contributed by atoms with Gasteiger partial charge in [0.1, 0.15) is 0 Å². The van der Waals surface area contributed by atoms with Gasteiger partial charge in [0, 0.05) is 24.2 Å². The second kappa shape index (κ2) is 7.12. The fourth-order valence-electron chi connectivity index (χ4n) is 4.62. The maximum Gasteiger partial charge on any atom is 0.321 e. The lowest BCUT2D eigenvalue weighted by molar-refractivity contribution is 0.114. The number of likely N-dealkylation sites (tertiary alicyclic amines) is 1. The van der Waals surface area contributed by atoms with E-state index in [4.69, 9.17) is 0 Å². The van der Waals surface area contributed by atoms with Crippen LogP contribution in [0, 0.1) is 11.3 Å². The van der Waals surface area contributed by atoms with Gasteiger partial charge in [0.15, 0.2) is 0 Å². The van der Waals surface area contributed by atoms with Crippen molar-refractivity contribution in [2.24, 2.45) is 11.3 Å². The Morgan fingerprint density at radius 1 is 1.15 bits per heavy atom. The summed E-state index contributed by atoms with van der Waals surface area (Å²) in [4.78, 5) is 14.6. The Kier molecular flexibility index (Phi) is 4.68. The number of amides is 2. The quantitative estimate of drug-likeness (QED) is 0.878. The van der Waals surface area contributed by atoms with E-state index in [9.17, 15) is 9.90 Å². The van der Waals surface area contributed by atoms with Gasteiger partial charge in [-0.25, -0.2) is 4.79 Å². The molecule has 1 saturated heterocycles. The summed E-state index contributed by atoms with van der Waals surface area (Å²) in [5, 5.41) is 12.9. The van der Waals surface area contributed by atoms with E-state index >= 15 is 0 Å². The van der Waals surface area contributed by atoms with Crippen LogP contribution >= 0.6 is 0 Å². The highest BCUT2D eigenvalue weighted by atomic mass is 16.3. The van der Waals surface area contributed by atoms with E-state index in [1.54, 1.807) is 0 Å². The lowest BCUT2D eigenvalue weighted by Gasteiger charge is -2.25. The molecule has 4 rings (SSSR count). The van der Waals surface area contributed by atoms with Gasteiger partial charge in [-0.2, -0.15) is 0 Å². The number of anilines is 1. The van der Waals surface area contributed by atoms with Crippen LogP contribution in [0.4, 0.5) is 10.5 Å². The number of aliphatic hydroxyl groups is 1. The van der Waals surface area contributed by atoms with Crippen LogP contribution in [0.1, 0.15) is 30.4 Å². The van der Waals surface area contributed by atoms with Crippen molar-refractivity contribution in [3.05, 3.63) is 65.7 Å². The number of hydrogen-bond acceptors (Lipinski definition) is 2. The number of rotatable bonds is 4. The largest absolute Gasteiger partial charge is 0.396 e. The molecule has 2 amide bonds. The van der Waals surface area contributed by atoms with Gasteiger partial charge in [0.05, 0.1) is 6.61 Å². The summed E-state index contributed by atoms with van der Waals surface area (Å²) in [6.07, 6.45) is 4.17. The molecule has 2 aromatic carbocycles. The molecule has 2 aromatic rings. The zero-order valence-electron chi connectivity index (χ0n) is 15.0. The molecule has 2 atom stereocenters. The average Bonchev–Trinajstić information content (AvgIpc) is 3.20. The lowest BCUT2D eigenvalue weighted by Crippen LogP contribution is -2.36. The Balaban J connectivity index is 1.41. The van der Waals surface area contributed by atoms with Crippen LogP contribution in [0.2, 0.25) is 0 Å². The molecule has 0 spiro atoms. The van der Waals surface area contributed by atoms with Crippen molar-refractivity contribution in [1.29, 1.82) is 0 Å². The molecule has 0 bridgehead atoms. The summed E-state index contributed by atoms with van der Waals surface area (Å²) in [5.41, 5.74) is 3.21. The topological polar surface area (TPSA) is 52.6 Å².